The number of aromatic nitrogens is 2. The van der Waals surface area contributed by atoms with Crippen LogP contribution in [0.4, 0.5) is 13.2 Å². The molecule has 4 aromatic rings. The second-order valence-corrected chi connectivity index (χ2v) is 17.8. The number of sulfonamides is 2. The molecule has 0 unspecified atom stereocenters. The molecule has 0 radical (unpaired) electrons. The van der Waals surface area contributed by atoms with Crippen LogP contribution in [0, 0.1) is 6.92 Å². The maximum absolute atomic E-state index is 12.8. The Bertz CT molecular complexity index is 2050. The van der Waals surface area contributed by atoms with Gasteiger partial charge in [0, 0.05) is 35.6 Å². The SMILES string of the molecule is CC(C)S(=O)(=O)N[C@H]1Cc2ccc(-c3cccc(C(F)(F)F)n3)cc2C1.Cc1cncc(-c2ccc3c(c2)C[C@@H](NS(=O)(=O)C(C)C)C3)c1. The summed E-state index contributed by atoms with van der Waals surface area (Å²) >= 11 is 0. The van der Waals surface area contributed by atoms with E-state index in [1.165, 1.54) is 23.3 Å². The fourth-order valence-corrected chi connectivity index (χ4v) is 7.75. The number of aryl methyl sites for hydroxylation is 1. The zero-order valence-corrected chi connectivity index (χ0v) is 29.7. The van der Waals surface area contributed by atoms with Crippen LogP contribution in [0.3, 0.4) is 0 Å². The number of pyridine rings is 2. The molecular formula is C36H41F3N4O4S2. The average molecular weight is 715 g/mol. The third-order valence-corrected chi connectivity index (χ3v) is 12.5. The molecule has 0 saturated heterocycles. The van der Waals surface area contributed by atoms with Crippen LogP contribution in [0.15, 0.2) is 73.1 Å². The number of hydrogen-bond donors (Lipinski definition) is 2. The number of nitrogens with zero attached hydrogens (tertiary/aromatic N) is 2. The summed E-state index contributed by atoms with van der Waals surface area (Å²) in [6.07, 6.45) is 1.79. The first-order valence-corrected chi connectivity index (χ1v) is 19.2. The largest absolute Gasteiger partial charge is 0.433 e. The van der Waals surface area contributed by atoms with Crippen LogP contribution in [-0.4, -0.2) is 49.4 Å². The van der Waals surface area contributed by atoms with Crippen molar-refractivity contribution in [2.24, 2.45) is 0 Å². The van der Waals surface area contributed by atoms with Gasteiger partial charge in [-0.05, 0) is 118 Å². The van der Waals surface area contributed by atoms with Crippen LogP contribution in [0.1, 0.15) is 61.2 Å². The number of fused-ring (bicyclic) bond motifs is 2. The fourth-order valence-electron chi connectivity index (χ4n) is 5.94. The summed E-state index contributed by atoms with van der Waals surface area (Å²) < 4.78 is 92.2. The molecule has 0 saturated carbocycles. The van der Waals surface area contributed by atoms with Gasteiger partial charge in [0.25, 0.3) is 0 Å². The summed E-state index contributed by atoms with van der Waals surface area (Å²) in [4.78, 5) is 7.95. The first-order valence-electron chi connectivity index (χ1n) is 16.1. The molecule has 8 nitrogen and oxygen atoms in total. The molecule has 0 spiro atoms. The molecule has 2 aromatic carbocycles. The Morgan fingerprint density at radius 1 is 0.673 bits per heavy atom. The third-order valence-electron chi connectivity index (χ3n) is 8.72. The molecule has 262 valence electrons. The van der Waals surface area contributed by atoms with Gasteiger partial charge in [0.2, 0.25) is 20.0 Å². The molecular weight excluding hydrogens is 674 g/mol. The van der Waals surface area contributed by atoms with Crippen LogP contribution >= 0.6 is 0 Å². The van der Waals surface area contributed by atoms with E-state index in [4.69, 9.17) is 0 Å². The van der Waals surface area contributed by atoms with E-state index in [0.29, 0.717) is 18.4 Å². The van der Waals surface area contributed by atoms with Crippen molar-refractivity contribution >= 4 is 20.0 Å². The molecule has 2 N–H and O–H groups in total. The van der Waals surface area contributed by atoms with Crippen LogP contribution in [0.25, 0.3) is 22.4 Å². The zero-order chi connectivity index (χ0) is 35.7. The minimum Gasteiger partial charge on any atom is -0.264 e. The van der Waals surface area contributed by atoms with E-state index >= 15 is 0 Å². The van der Waals surface area contributed by atoms with E-state index in [0.717, 1.165) is 46.7 Å². The van der Waals surface area contributed by atoms with Gasteiger partial charge in [0.05, 0.1) is 16.2 Å². The highest BCUT2D eigenvalue weighted by molar-refractivity contribution is 7.90. The molecule has 0 aliphatic heterocycles. The lowest BCUT2D eigenvalue weighted by Crippen LogP contribution is -2.39. The van der Waals surface area contributed by atoms with Crippen molar-refractivity contribution < 1.29 is 30.0 Å². The lowest BCUT2D eigenvalue weighted by Gasteiger charge is -2.14. The van der Waals surface area contributed by atoms with E-state index in [-0.39, 0.29) is 17.8 Å². The van der Waals surface area contributed by atoms with Crippen molar-refractivity contribution in [2.75, 3.05) is 0 Å². The van der Waals surface area contributed by atoms with E-state index in [2.05, 4.69) is 43.7 Å². The maximum atomic E-state index is 12.8. The minimum atomic E-state index is -4.49. The van der Waals surface area contributed by atoms with Gasteiger partial charge in [-0.25, -0.2) is 31.3 Å². The maximum Gasteiger partial charge on any atom is 0.433 e. The second-order valence-electron chi connectivity index (χ2n) is 13.3. The van der Waals surface area contributed by atoms with E-state index < -0.39 is 42.4 Å². The molecule has 13 heteroatoms. The Morgan fingerprint density at radius 2 is 1.18 bits per heavy atom. The van der Waals surface area contributed by atoms with Crippen LogP contribution < -0.4 is 9.44 Å². The summed E-state index contributed by atoms with van der Waals surface area (Å²) in [6, 6.07) is 17.4. The molecule has 0 bridgehead atoms. The summed E-state index contributed by atoms with van der Waals surface area (Å²) in [6.45, 7) is 8.66. The highest BCUT2D eigenvalue weighted by Crippen LogP contribution is 2.32. The average Bonchev–Trinajstić information content (AvgIpc) is 3.61. The summed E-state index contributed by atoms with van der Waals surface area (Å²) in [5.74, 6) is 0. The van der Waals surface area contributed by atoms with Gasteiger partial charge in [-0.2, -0.15) is 13.2 Å². The summed E-state index contributed by atoms with van der Waals surface area (Å²) in [5, 5.41) is -0.920. The highest BCUT2D eigenvalue weighted by Gasteiger charge is 2.33. The lowest BCUT2D eigenvalue weighted by atomic mass is 10.0. The van der Waals surface area contributed by atoms with Crippen molar-refractivity contribution in [3.8, 4) is 22.4 Å². The van der Waals surface area contributed by atoms with E-state index in [1.54, 1.807) is 39.8 Å². The van der Waals surface area contributed by atoms with Crippen molar-refractivity contribution in [2.45, 2.75) is 89.1 Å². The smallest absolute Gasteiger partial charge is 0.264 e. The standard InChI is InChI=1S/C18H19F3N2O2S.C18H22N2O2S/c1-11(2)26(24,25)23-15-9-12-6-7-13(8-14(12)10-15)16-4-3-5-17(22-16)18(19,20)21;1-12(2)23(21,22)20-18-8-15-5-4-14(7-16(15)9-18)17-6-13(3)10-19-11-17/h3-8,11,15,23H,9-10H2,1-2H3;4-7,10-12,18,20H,8-9H2,1-3H3/t15-;18-/m00/s1. The van der Waals surface area contributed by atoms with E-state index in [1.807, 2.05) is 25.4 Å². The summed E-state index contributed by atoms with van der Waals surface area (Å²) in [7, 11) is -6.60. The Hall–Kier alpha value is -3.65. The van der Waals surface area contributed by atoms with Gasteiger partial charge < -0.3 is 0 Å². The number of hydrogen-bond acceptors (Lipinski definition) is 6. The molecule has 2 atom stereocenters. The van der Waals surface area contributed by atoms with Crippen LogP contribution in [-0.2, 0) is 51.9 Å². The Labute approximate surface area is 286 Å². The normalized spacial score (nSPS) is 17.5. The van der Waals surface area contributed by atoms with Gasteiger partial charge >= 0.3 is 6.18 Å². The van der Waals surface area contributed by atoms with Gasteiger partial charge in [-0.15, -0.1) is 0 Å². The van der Waals surface area contributed by atoms with E-state index in [9.17, 15) is 30.0 Å². The first kappa shape index (κ1) is 36.6. The molecule has 0 amide bonds. The number of nitrogens with one attached hydrogen (secondary N) is 2. The van der Waals surface area contributed by atoms with Crippen molar-refractivity contribution in [1.82, 2.24) is 19.4 Å². The molecule has 0 fully saturated rings. The Morgan fingerprint density at radius 3 is 1.69 bits per heavy atom. The first-order chi connectivity index (χ1) is 22.9. The predicted molar refractivity (Wildman–Crippen MR) is 186 cm³/mol. The van der Waals surface area contributed by atoms with Gasteiger partial charge in [-0.1, -0.05) is 36.4 Å². The zero-order valence-electron chi connectivity index (χ0n) is 28.0. The highest BCUT2D eigenvalue weighted by atomic mass is 32.2. The molecule has 2 aliphatic rings. The number of alkyl halides is 3. The Balaban J connectivity index is 0.000000192. The van der Waals surface area contributed by atoms with Gasteiger partial charge in [0.15, 0.2) is 0 Å². The third kappa shape index (κ3) is 8.94. The topological polar surface area (TPSA) is 118 Å². The quantitative estimate of drug-likeness (QED) is 0.218. The second kappa shape index (κ2) is 14.3. The fraction of sp³-hybridized carbons (Fsp3) is 0.389. The van der Waals surface area contributed by atoms with Gasteiger partial charge in [0.1, 0.15) is 5.69 Å². The molecule has 2 aromatic heterocycles. The predicted octanol–water partition coefficient (Wildman–Crippen LogP) is 6.41. The van der Waals surface area contributed by atoms with Crippen molar-refractivity contribution in [1.29, 1.82) is 0 Å². The Kier molecular flexibility index (Phi) is 10.7. The summed E-state index contributed by atoms with van der Waals surface area (Å²) in [5.41, 5.74) is 7.63. The monoisotopic (exact) mass is 714 g/mol. The number of halogens is 3. The lowest BCUT2D eigenvalue weighted by molar-refractivity contribution is -0.141. The molecule has 2 heterocycles. The number of benzene rings is 2. The minimum absolute atomic E-state index is 0.0386. The van der Waals surface area contributed by atoms with Crippen LogP contribution in [0.2, 0.25) is 0 Å². The molecule has 6 rings (SSSR count). The van der Waals surface area contributed by atoms with Crippen LogP contribution in [0.5, 0.6) is 0 Å². The molecule has 49 heavy (non-hydrogen) atoms. The van der Waals surface area contributed by atoms with Gasteiger partial charge in [-0.3, -0.25) is 4.98 Å². The van der Waals surface area contributed by atoms with Crippen molar-refractivity contribution in [3.63, 3.8) is 0 Å². The molecule has 2 aliphatic carbocycles. The van der Waals surface area contributed by atoms with Crippen molar-refractivity contribution in [3.05, 3.63) is 107 Å². The number of rotatable bonds is 8.